The SMILES string of the molecule is CCOc1cc(C)nc(N2CCCC(CNC)C2)n1. The molecule has 2 heterocycles. The maximum Gasteiger partial charge on any atom is 0.228 e. The van der Waals surface area contributed by atoms with Gasteiger partial charge in [0, 0.05) is 24.8 Å². The number of nitrogens with one attached hydrogen (secondary N) is 1. The summed E-state index contributed by atoms with van der Waals surface area (Å²) in [6.45, 7) is 7.72. The number of aryl methyl sites for hydroxylation is 1. The average molecular weight is 264 g/mol. The van der Waals surface area contributed by atoms with E-state index in [1.54, 1.807) is 0 Å². The van der Waals surface area contributed by atoms with Crippen LogP contribution in [0.25, 0.3) is 0 Å². The van der Waals surface area contributed by atoms with Gasteiger partial charge in [0.1, 0.15) is 0 Å². The van der Waals surface area contributed by atoms with E-state index in [4.69, 9.17) is 4.74 Å². The Morgan fingerprint density at radius 1 is 1.47 bits per heavy atom. The molecule has 2 rings (SSSR count). The third kappa shape index (κ3) is 3.80. The quantitative estimate of drug-likeness (QED) is 0.876. The summed E-state index contributed by atoms with van der Waals surface area (Å²) in [4.78, 5) is 11.3. The van der Waals surface area contributed by atoms with Gasteiger partial charge < -0.3 is 15.0 Å². The minimum absolute atomic E-state index is 0.637. The first-order valence-corrected chi connectivity index (χ1v) is 7.11. The number of nitrogens with zero attached hydrogens (tertiary/aromatic N) is 3. The Labute approximate surface area is 115 Å². The van der Waals surface area contributed by atoms with Crippen molar-refractivity contribution in [3.8, 4) is 5.88 Å². The Hall–Kier alpha value is -1.36. The molecule has 0 amide bonds. The highest BCUT2D eigenvalue weighted by Crippen LogP contribution is 2.22. The summed E-state index contributed by atoms with van der Waals surface area (Å²) in [5, 5.41) is 3.26. The van der Waals surface area contributed by atoms with E-state index in [-0.39, 0.29) is 0 Å². The summed E-state index contributed by atoms with van der Waals surface area (Å²) in [6.07, 6.45) is 2.48. The molecule has 1 aromatic rings. The van der Waals surface area contributed by atoms with E-state index < -0.39 is 0 Å². The Morgan fingerprint density at radius 2 is 2.32 bits per heavy atom. The van der Waals surface area contributed by atoms with Gasteiger partial charge >= 0.3 is 0 Å². The van der Waals surface area contributed by atoms with E-state index >= 15 is 0 Å². The van der Waals surface area contributed by atoms with Crippen LogP contribution in [0.15, 0.2) is 6.07 Å². The molecule has 1 saturated heterocycles. The lowest BCUT2D eigenvalue weighted by molar-refractivity contribution is 0.324. The zero-order chi connectivity index (χ0) is 13.7. The molecule has 0 aromatic carbocycles. The van der Waals surface area contributed by atoms with Crippen molar-refractivity contribution in [2.24, 2.45) is 5.92 Å². The highest BCUT2D eigenvalue weighted by molar-refractivity contribution is 5.35. The summed E-state index contributed by atoms with van der Waals surface area (Å²) in [5.41, 5.74) is 0.962. The molecule has 106 valence electrons. The highest BCUT2D eigenvalue weighted by atomic mass is 16.5. The van der Waals surface area contributed by atoms with Crippen LogP contribution in [-0.2, 0) is 0 Å². The normalized spacial score (nSPS) is 19.5. The second-order valence-electron chi connectivity index (χ2n) is 5.09. The Morgan fingerprint density at radius 3 is 3.05 bits per heavy atom. The summed E-state index contributed by atoms with van der Waals surface area (Å²) in [6, 6.07) is 1.89. The van der Waals surface area contributed by atoms with Gasteiger partial charge in [-0.3, -0.25) is 0 Å². The molecule has 1 N–H and O–H groups in total. The molecule has 1 aromatic heterocycles. The molecular formula is C14H24N4O. The van der Waals surface area contributed by atoms with Crippen LogP contribution in [0.4, 0.5) is 5.95 Å². The minimum Gasteiger partial charge on any atom is -0.478 e. The Balaban J connectivity index is 2.11. The van der Waals surface area contributed by atoms with Crippen molar-refractivity contribution in [2.75, 3.05) is 38.2 Å². The number of hydrogen-bond acceptors (Lipinski definition) is 5. The fourth-order valence-corrected chi connectivity index (χ4v) is 2.59. The first-order valence-electron chi connectivity index (χ1n) is 7.11. The molecule has 0 radical (unpaired) electrons. The Bertz CT molecular complexity index is 408. The molecule has 1 unspecified atom stereocenters. The van der Waals surface area contributed by atoms with Gasteiger partial charge in [0.25, 0.3) is 0 Å². The smallest absolute Gasteiger partial charge is 0.228 e. The monoisotopic (exact) mass is 264 g/mol. The second kappa shape index (κ2) is 6.70. The maximum atomic E-state index is 5.50. The van der Waals surface area contributed by atoms with Gasteiger partial charge in [0.05, 0.1) is 6.61 Å². The number of aromatic nitrogens is 2. The van der Waals surface area contributed by atoms with Crippen LogP contribution in [0.5, 0.6) is 5.88 Å². The maximum absolute atomic E-state index is 5.50. The van der Waals surface area contributed by atoms with Gasteiger partial charge in [-0.05, 0) is 46.2 Å². The second-order valence-corrected chi connectivity index (χ2v) is 5.09. The van der Waals surface area contributed by atoms with Crippen molar-refractivity contribution in [1.82, 2.24) is 15.3 Å². The minimum atomic E-state index is 0.637. The average Bonchev–Trinajstić information content (AvgIpc) is 2.39. The van der Waals surface area contributed by atoms with Gasteiger partial charge in [0.15, 0.2) is 0 Å². The van der Waals surface area contributed by atoms with Crippen LogP contribution < -0.4 is 15.0 Å². The molecule has 5 nitrogen and oxygen atoms in total. The van der Waals surface area contributed by atoms with Crippen LogP contribution in [0.1, 0.15) is 25.5 Å². The molecule has 1 aliphatic rings. The highest BCUT2D eigenvalue weighted by Gasteiger charge is 2.21. The van der Waals surface area contributed by atoms with Crippen LogP contribution in [0.2, 0.25) is 0 Å². The molecule has 0 saturated carbocycles. The van der Waals surface area contributed by atoms with Crippen molar-refractivity contribution in [3.05, 3.63) is 11.8 Å². The first kappa shape index (κ1) is 14.1. The molecule has 1 fully saturated rings. The van der Waals surface area contributed by atoms with E-state index in [1.165, 1.54) is 12.8 Å². The standard InChI is InChI=1S/C14H24N4O/c1-4-19-13-8-11(2)16-14(17-13)18-7-5-6-12(10-18)9-15-3/h8,12,15H,4-7,9-10H2,1-3H3. The molecule has 1 aliphatic heterocycles. The molecule has 0 bridgehead atoms. The molecule has 19 heavy (non-hydrogen) atoms. The number of ether oxygens (including phenoxy) is 1. The Kier molecular flexibility index (Phi) is 4.96. The third-order valence-electron chi connectivity index (χ3n) is 3.41. The lowest BCUT2D eigenvalue weighted by Crippen LogP contribution is -2.40. The predicted molar refractivity (Wildman–Crippen MR) is 76.8 cm³/mol. The lowest BCUT2D eigenvalue weighted by atomic mass is 9.98. The summed E-state index contributed by atoms with van der Waals surface area (Å²) >= 11 is 0. The fourth-order valence-electron chi connectivity index (χ4n) is 2.59. The number of piperidine rings is 1. The summed E-state index contributed by atoms with van der Waals surface area (Å²) in [7, 11) is 2.01. The topological polar surface area (TPSA) is 50.3 Å². The molecular weight excluding hydrogens is 240 g/mol. The molecule has 5 heteroatoms. The van der Waals surface area contributed by atoms with Gasteiger partial charge in [0.2, 0.25) is 11.8 Å². The molecule has 0 aliphatic carbocycles. The van der Waals surface area contributed by atoms with Crippen LogP contribution >= 0.6 is 0 Å². The van der Waals surface area contributed by atoms with Crippen LogP contribution in [0, 0.1) is 12.8 Å². The van der Waals surface area contributed by atoms with E-state index in [2.05, 4.69) is 20.2 Å². The van der Waals surface area contributed by atoms with Crippen molar-refractivity contribution in [3.63, 3.8) is 0 Å². The van der Waals surface area contributed by atoms with Crippen molar-refractivity contribution in [2.45, 2.75) is 26.7 Å². The van der Waals surface area contributed by atoms with Crippen molar-refractivity contribution in [1.29, 1.82) is 0 Å². The molecule has 1 atom stereocenters. The van der Waals surface area contributed by atoms with Gasteiger partial charge in [-0.1, -0.05) is 0 Å². The van der Waals surface area contributed by atoms with Crippen LogP contribution in [-0.4, -0.2) is 43.3 Å². The number of hydrogen-bond donors (Lipinski definition) is 1. The summed E-state index contributed by atoms with van der Waals surface area (Å²) in [5.74, 6) is 2.17. The zero-order valence-electron chi connectivity index (χ0n) is 12.1. The first-order chi connectivity index (χ1) is 9.22. The predicted octanol–water partition coefficient (Wildman–Crippen LogP) is 1.62. The number of rotatable bonds is 5. The van der Waals surface area contributed by atoms with Crippen molar-refractivity contribution < 1.29 is 4.74 Å². The van der Waals surface area contributed by atoms with Gasteiger partial charge in [-0.15, -0.1) is 0 Å². The largest absolute Gasteiger partial charge is 0.478 e. The molecule has 0 spiro atoms. The fraction of sp³-hybridized carbons (Fsp3) is 0.714. The lowest BCUT2D eigenvalue weighted by Gasteiger charge is -2.32. The van der Waals surface area contributed by atoms with E-state index in [0.29, 0.717) is 18.4 Å². The number of anilines is 1. The van der Waals surface area contributed by atoms with E-state index in [0.717, 1.165) is 31.3 Å². The van der Waals surface area contributed by atoms with Gasteiger partial charge in [-0.2, -0.15) is 4.98 Å². The third-order valence-corrected chi connectivity index (χ3v) is 3.41. The van der Waals surface area contributed by atoms with Crippen LogP contribution in [0.3, 0.4) is 0 Å². The van der Waals surface area contributed by atoms with E-state index in [9.17, 15) is 0 Å². The van der Waals surface area contributed by atoms with E-state index in [1.807, 2.05) is 27.0 Å². The van der Waals surface area contributed by atoms with Gasteiger partial charge in [-0.25, -0.2) is 4.98 Å². The zero-order valence-corrected chi connectivity index (χ0v) is 12.1. The summed E-state index contributed by atoms with van der Waals surface area (Å²) < 4.78 is 5.50. The van der Waals surface area contributed by atoms with Crippen molar-refractivity contribution >= 4 is 5.95 Å².